The molecule has 0 heterocycles. The molecule has 0 spiro atoms. The van der Waals surface area contributed by atoms with E-state index < -0.39 is 20.0 Å². The summed E-state index contributed by atoms with van der Waals surface area (Å²) in [6.07, 6.45) is 46.7. The van der Waals surface area contributed by atoms with E-state index in [1.54, 1.807) is 0 Å². The molecule has 0 aromatic rings. The molecule has 0 aliphatic carbocycles. The molecule has 0 saturated carbocycles. The van der Waals surface area contributed by atoms with Gasteiger partial charge in [0.1, 0.15) is 13.2 Å². The van der Waals surface area contributed by atoms with Gasteiger partial charge in [-0.1, -0.05) is 206 Å². The molecule has 0 aliphatic rings. The minimum Gasteiger partial charge on any atom is -0.391 e. The molecule has 0 fully saturated rings. The Kier molecular flexibility index (Phi) is 40.1. The molecule has 0 radical (unpaired) electrons. The second kappa shape index (κ2) is 40.6. The second-order valence-electron chi connectivity index (χ2n) is 18.2. The zero-order chi connectivity index (χ0) is 42.1. The molecule has 9 heteroatoms. The van der Waals surface area contributed by atoms with Crippen LogP contribution in [0.3, 0.4) is 0 Å². The van der Waals surface area contributed by atoms with Gasteiger partial charge in [0.25, 0.3) is 0 Å². The van der Waals surface area contributed by atoms with Crippen molar-refractivity contribution < 1.29 is 32.9 Å². The smallest absolute Gasteiger partial charge is 0.391 e. The average Bonchev–Trinajstić information content (AvgIpc) is 3.16. The third-order valence-corrected chi connectivity index (χ3v) is 12.2. The minimum atomic E-state index is -4.31. The Morgan fingerprint density at radius 2 is 0.947 bits per heavy atom. The van der Waals surface area contributed by atoms with Crippen LogP contribution in [0.2, 0.25) is 0 Å². The van der Waals surface area contributed by atoms with Crippen molar-refractivity contribution in [1.29, 1.82) is 0 Å². The first kappa shape index (κ1) is 56.2. The van der Waals surface area contributed by atoms with Crippen LogP contribution < -0.4 is 5.32 Å². The van der Waals surface area contributed by atoms with Crippen molar-refractivity contribution in [1.82, 2.24) is 5.32 Å². The van der Waals surface area contributed by atoms with Crippen molar-refractivity contribution in [3.8, 4) is 0 Å². The van der Waals surface area contributed by atoms with Crippen LogP contribution in [-0.4, -0.2) is 73.4 Å². The molecule has 3 N–H and O–H groups in total. The first-order valence-corrected chi connectivity index (χ1v) is 26.0. The van der Waals surface area contributed by atoms with Crippen LogP contribution in [0.4, 0.5) is 0 Å². The number of nitrogens with one attached hydrogen (secondary N) is 1. The number of aliphatic hydroxyl groups excluding tert-OH is 1. The molecule has 3 atom stereocenters. The lowest BCUT2D eigenvalue weighted by molar-refractivity contribution is -0.870. The molecule has 0 rings (SSSR count). The van der Waals surface area contributed by atoms with Gasteiger partial charge in [-0.25, -0.2) is 4.57 Å². The summed E-state index contributed by atoms with van der Waals surface area (Å²) in [4.78, 5) is 23.2. The summed E-state index contributed by atoms with van der Waals surface area (Å²) in [5.41, 5.74) is 0. The maximum Gasteiger partial charge on any atom is 0.472 e. The summed E-state index contributed by atoms with van der Waals surface area (Å²) in [6, 6.07) is -0.761. The number of rotatable bonds is 45. The Labute approximate surface area is 354 Å². The van der Waals surface area contributed by atoms with E-state index in [2.05, 4.69) is 31.3 Å². The molecule has 57 heavy (non-hydrogen) atoms. The van der Waals surface area contributed by atoms with Crippen LogP contribution in [0.5, 0.6) is 0 Å². The van der Waals surface area contributed by atoms with Gasteiger partial charge in [-0.05, 0) is 38.5 Å². The van der Waals surface area contributed by atoms with Gasteiger partial charge >= 0.3 is 7.82 Å². The van der Waals surface area contributed by atoms with E-state index in [0.717, 1.165) is 51.4 Å². The average molecular weight is 830 g/mol. The number of carbonyl (C=O) groups is 1. The number of carbonyl (C=O) groups excluding carboxylic acids is 1. The molecule has 0 saturated heterocycles. The number of unbranched alkanes of at least 4 members (excludes halogenated alkanes) is 30. The van der Waals surface area contributed by atoms with Crippen LogP contribution >= 0.6 is 7.82 Å². The van der Waals surface area contributed by atoms with E-state index in [-0.39, 0.29) is 19.1 Å². The Morgan fingerprint density at radius 1 is 0.579 bits per heavy atom. The quantitative estimate of drug-likeness (QED) is 0.0244. The summed E-state index contributed by atoms with van der Waals surface area (Å²) in [5.74, 6) is -0.150. The Morgan fingerprint density at radius 3 is 1.35 bits per heavy atom. The molecule has 0 bridgehead atoms. The Hall–Kier alpha value is -0.760. The second-order valence-corrected chi connectivity index (χ2v) is 19.6. The fraction of sp³-hybridized carbons (Fsp3) is 0.938. The molecule has 3 unspecified atom stereocenters. The van der Waals surface area contributed by atoms with E-state index in [1.165, 1.54) is 161 Å². The highest BCUT2D eigenvalue weighted by Crippen LogP contribution is 2.43. The number of amides is 1. The monoisotopic (exact) mass is 830 g/mol. The maximum absolute atomic E-state index is 12.9. The first-order chi connectivity index (χ1) is 27.5. The number of hydrogen-bond donors (Lipinski definition) is 3. The highest BCUT2D eigenvalue weighted by Gasteiger charge is 2.28. The standard InChI is InChI=1S/C48H97N2O6P/c1-6-8-10-12-14-16-18-20-22-23-24-25-26-28-29-31-33-35-37-39-41-47(51)46(45-56-57(53,54)55-44-43-50(3,4)5)49-48(52)42-40-38-36-34-32-30-27-21-19-17-15-13-11-9-7-2/h21,27,46-47,51H,6-20,22-26,28-45H2,1-5H3,(H-,49,52,53,54)/p+1/b27-21-. The van der Waals surface area contributed by atoms with Crippen molar-refractivity contribution in [3.05, 3.63) is 12.2 Å². The van der Waals surface area contributed by atoms with Crippen molar-refractivity contribution in [2.24, 2.45) is 0 Å². The predicted molar refractivity (Wildman–Crippen MR) is 245 cm³/mol. The summed E-state index contributed by atoms with van der Waals surface area (Å²) >= 11 is 0. The van der Waals surface area contributed by atoms with Crippen LogP contribution in [0.1, 0.15) is 239 Å². The number of quaternary nitrogens is 1. The summed E-state index contributed by atoms with van der Waals surface area (Å²) < 4.78 is 23.7. The van der Waals surface area contributed by atoms with Gasteiger partial charge in [-0.2, -0.15) is 0 Å². The largest absolute Gasteiger partial charge is 0.472 e. The number of phosphoric ester groups is 1. The molecule has 0 aliphatic heterocycles. The number of likely N-dealkylation sites (N-methyl/N-ethyl adjacent to an activating group) is 1. The van der Waals surface area contributed by atoms with Gasteiger partial charge in [0.05, 0.1) is 39.9 Å². The maximum atomic E-state index is 12.9. The lowest BCUT2D eigenvalue weighted by atomic mass is 10.0. The lowest BCUT2D eigenvalue weighted by Gasteiger charge is -2.26. The molecular weight excluding hydrogens is 732 g/mol. The first-order valence-electron chi connectivity index (χ1n) is 24.6. The van der Waals surface area contributed by atoms with Gasteiger partial charge in [-0.15, -0.1) is 0 Å². The van der Waals surface area contributed by atoms with Gasteiger partial charge in [0.15, 0.2) is 0 Å². The Bertz CT molecular complexity index is 942. The number of hydrogen-bond acceptors (Lipinski definition) is 5. The fourth-order valence-electron chi connectivity index (χ4n) is 7.34. The summed E-state index contributed by atoms with van der Waals surface area (Å²) in [6.45, 7) is 4.90. The van der Waals surface area contributed by atoms with Gasteiger partial charge in [0, 0.05) is 6.42 Å². The van der Waals surface area contributed by atoms with E-state index in [9.17, 15) is 19.4 Å². The molecule has 340 valence electrons. The number of aliphatic hydroxyl groups is 1. The van der Waals surface area contributed by atoms with Crippen molar-refractivity contribution in [3.63, 3.8) is 0 Å². The SMILES string of the molecule is CCCCCCCC/C=C\CCCCCCCC(=O)NC(COP(=O)(O)OCC[N+](C)(C)C)C(O)CCCCCCCCCCCCCCCCCCCCCC. The fourth-order valence-corrected chi connectivity index (χ4v) is 8.07. The van der Waals surface area contributed by atoms with E-state index in [1.807, 2.05) is 21.1 Å². The number of nitrogens with zero attached hydrogens (tertiary/aromatic N) is 1. The van der Waals surface area contributed by atoms with Crippen LogP contribution in [0, 0.1) is 0 Å². The van der Waals surface area contributed by atoms with Gasteiger partial charge < -0.3 is 19.8 Å². The minimum absolute atomic E-state index is 0.0751. The third-order valence-electron chi connectivity index (χ3n) is 11.3. The van der Waals surface area contributed by atoms with Crippen molar-refractivity contribution in [2.75, 3.05) is 40.9 Å². The number of phosphoric acid groups is 1. The molecule has 1 amide bonds. The third kappa shape index (κ3) is 43.1. The highest BCUT2D eigenvalue weighted by molar-refractivity contribution is 7.47. The highest BCUT2D eigenvalue weighted by atomic mass is 31.2. The zero-order valence-electron chi connectivity index (χ0n) is 38.6. The molecule has 0 aromatic heterocycles. The van der Waals surface area contributed by atoms with Crippen LogP contribution in [0.25, 0.3) is 0 Å². The van der Waals surface area contributed by atoms with Crippen molar-refractivity contribution in [2.45, 2.75) is 251 Å². The van der Waals surface area contributed by atoms with Crippen LogP contribution in [0.15, 0.2) is 12.2 Å². The van der Waals surface area contributed by atoms with E-state index in [4.69, 9.17) is 9.05 Å². The van der Waals surface area contributed by atoms with Gasteiger partial charge in [0.2, 0.25) is 5.91 Å². The lowest BCUT2D eigenvalue weighted by Crippen LogP contribution is -2.46. The summed E-state index contributed by atoms with van der Waals surface area (Å²) in [5, 5.41) is 14.0. The zero-order valence-corrected chi connectivity index (χ0v) is 39.5. The van der Waals surface area contributed by atoms with Crippen LogP contribution in [-0.2, 0) is 18.4 Å². The summed E-state index contributed by atoms with van der Waals surface area (Å²) in [7, 11) is 1.62. The normalized spacial score (nSPS) is 14.3. The topological polar surface area (TPSA) is 105 Å². The molecule has 0 aromatic carbocycles. The van der Waals surface area contributed by atoms with Crippen molar-refractivity contribution >= 4 is 13.7 Å². The predicted octanol–water partition coefficient (Wildman–Crippen LogP) is 13.9. The van der Waals surface area contributed by atoms with E-state index >= 15 is 0 Å². The van der Waals surface area contributed by atoms with E-state index in [0.29, 0.717) is 23.9 Å². The molecular formula is C48H98N2O6P+. The molecule has 8 nitrogen and oxygen atoms in total. The number of allylic oxidation sites excluding steroid dienone is 2. The van der Waals surface area contributed by atoms with Gasteiger partial charge in [-0.3, -0.25) is 13.8 Å². The Balaban J connectivity index is 4.28.